The molecule has 0 bridgehead atoms. The first-order valence-corrected chi connectivity index (χ1v) is 8.49. The molecule has 0 unspecified atom stereocenters. The van der Waals surface area contributed by atoms with Crippen molar-refractivity contribution in [2.75, 3.05) is 0 Å². The van der Waals surface area contributed by atoms with Crippen molar-refractivity contribution in [3.05, 3.63) is 70.5 Å². The zero-order valence-corrected chi connectivity index (χ0v) is 12.9. The van der Waals surface area contributed by atoms with E-state index >= 15 is 0 Å². The Kier molecular flexibility index (Phi) is 3.47. The Morgan fingerprint density at radius 2 is 1.77 bits per heavy atom. The third-order valence-electron chi connectivity index (χ3n) is 3.90. The first-order valence-electron chi connectivity index (χ1n) is 7.51. The van der Waals surface area contributed by atoms with Gasteiger partial charge < -0.3 is 0 Å². The number of aromatic nitrogens is 2. The highest BCUT2D eigenvalue weighted by Crippen LogP contribution is 2.37. The Morgan fingerprint density at radius 1 is 1.05 bits per heavy atom. The third-order valence-corrected chi connectivity index (χ3v) is 4.92. The molecule has 3 aromatic rings. The topological polar surface area (TPSA) is 34.9 Å². The molecule has 2 aromatic carbocycles. The lowest BCUT2D eigenvalue weighted by Gasteiger charge is -2.12. The van der Waals surface area contributed by atoms with Crippen LogP contribution < -0.4 is 5.56 Å². The average Bonchev–Trinajstić information content (AvgIpc) is 3.39. The monoisotopic (exact) mass is 308 g/mol. The smallest absolute Gasteiger partial charge is 0.262 e. The van der Waals surface area contributed by atoms with Crippen LogP contribution in [0.1, 0.15) is 24.4 Å². The number of rotatable bonds is 4. The van der Waals surface area contributed by atoms with E-state index in [1.54, 1.807) is 11.8 Å². The van der Waals surface area contributed by atoms with Gasteiger partial charge in [0.15, 0.2) is 5.16 Å². The van der Waals surface area contributed by atoms with E-state index in [9.17, 15) is 4.79 Å². The molecule has 3 nitrogen and oxygen atoms in total. The highest BCUT2D eigenvalue weighted by molar-refractivity contribution is 7.98. The summed E-state index contributed by atoms with van der Waals surface area (Å²) in [7, 11) is 0. The molecule has 0 N–H and O–H groups in total. The van der Waals surface area contributed by atoms with E-state index in [4.69, 9.17) is 4.98 Å². The number of benzene rings is 2. The Bertz CT molecular complexity index is 869. The van der Waals surface area contributed by atoms with Crippen LogP contribution in [0, 0.1) is 0 Å². The van der Waals surface area contributed by atoms with Gasteiger partial charge in [-0.15, -0.1) is 0 Å². The Balaban J connectivity index is 1.75. The van der Waals surface area contributed by atoms with Crippen LogP contribution in [0.5, 0.6) is 0 Å². The van der Waals surface area contributed by atoms with Crippen LogP contribution in [-0.4, -0.2) is 9.55 Å². The summed E-state index contributed by atoms with van der Waals surface area (Å²) in [6, 6.07) is 18.3. The van der Waals surface area contributed by atoms with Gasteiger partial charge in [0.25, 0.3) is 5.56 Å². The van der Waals surface area contributed by atoms with Crippen molar-refractivity contribution >= 4 is 22.7 Å². The molecular weight excluding hydrogens is 292 g/mol. The maximum Gasteiger partial charge on any atom is 0.262 e. The predicted molar refractivity (Wildman–Crippen MR) is 90.3 cm³/mol. The van der Waals surface area contributed by atoms with Crippen molar-refractivity contribution < 1.29 is 0 Å². The Hall–Kier alpha value is -2.07. The second-order valence-corrected chi connectivity index (χ2v) is 6.53. The summed E-state index contributed by atoms with van der Waals surface area (Å²) in [5.41, 5.74) is 2.14. The molecule has 1 aliphatic carbocycles. The van der Waals surface area contributed by atoms with Gasteiger partial charge in [-0.1, -0.05) is 54.2 Å². The number of fused-ring (bicyclic) bond motifs is 1. The Labute approximate surface area is 133 Å². The average molecular weight is 308 g/mol. The summed E-state index contributed by atoms with van der Waals surface area (Å²) in [5, 5.41) is 1.56. The highest BCUT2D eigenvalue weighted by Gasteiger charge is 2.28. The van der Waals surface area contributed by atoms with Crippen molar-refractivity contribution in [2.45, 2.75) is 29.8 Å². The van der Waals surface area contributed by atoms with Gasteiger partial charge in [-0.25, -0.2) is 4.98 Å². The van der Waals surface area contributed by atoms with Gasteiger partial charge in [-0.05, 0) is 30.5 Å². The zero-order chi connectivity index (χ0) is 14.9. The largest absolute Gasteiger partial charge is 0.284 e. The van der Waals surface area contributed by atoms with E-state index < -0.39 is 0 Å². The first-order chi connectivity index (χ1) is 10.8. The SMILES string of the molecule is O=c1c2ccccc2nc(SCc2ccccc2)n1C1CC1. The van der Waals surface area contributed by atoms with Gasteiger partial charge in [-0.2, -0.15) is 0 Å². The van der Waals surface area contributed by atoms with E-state index in [1.165, 1.54) is 5.56 Å². The maximum atomic E-state index is 12.8. The first kappa shape index (κ1) is 13.6. The third kappa shape index (κ3) is 2.55. The molecule has 1 heterocycles. The standard InChI is InChI=1S/C18H16N2OS/c21-17-15-8-4-5-9-16(15)19-18(20(17)14-10-11-14)22-12-13-6-2-1-3-7-13/h1-9,14H,10-12H2. The van der Waals surface area contributed by atoms with Crippen LogP contribution in [0.2, 0.25) is 0 Å². The van der Waals surface area contributed by atoms with E-state index in [1.807, 2.05) is 47.0 Å². The zero-order valence-electron chi connectivity index (χ0n) is 12.1. The lowest BCUT2D eigenvalue weighted by Crippen LogP contribution is -2.22. The molecule has 4 heteroatoms. The summed E-state index contributed by atoms with van der Waals surface area (Å²) < 4.78 is 1.90. The van der Waals surface area contributed by atoms with Gasteiger partial charge >= 0.3 is 0 Å². The molecule has 0 amide bonds. The second-order valence-electron chi connectivity index (χ2n) is 5.59. The fraction of sp³-hybridized carbons (Fsp3) is 0.222. The minimum atomic E-state index is 0.101. The highest BCUT2D eigenvalue weighted by atomic mass is 32.2. The lowest BCUT2D eigenvalue weighted by molar-refractivity contribution is 0.618. The number of nitrogens with zero attached hydrogens (tertiary/aromatic N) is 2. The molecule has 1 fully saturated rings. The molecule has 0 spiro atoms. The lowest BCUT2D eigenvalue weighted by atomic mass is 10.2. The van der Waals surface area contributed by atoms with Crippen LogP contribution in [0.15, 0.2) is 64.5 Å². The van der Waals surface area contributed by atoms with Crippen molar-refractivity contribution in [3.8, 4) is 0 Å². The maximum absolute atomic E-state index is 12.8. The molecule has 22 heavy (non-hydrogen) atoms. The van der Waals surface area contributed by atoms with Crippen molar-refractivity contribution in [2.24, 2.45) is 0 Å². The molecule has 0 radical (unpaired) electrons. The summed E-state index contributed by atoms with van der Waals surface area (Å²) in [5.74, 6) is 0.832. The molecule has 1 saturated carbocycles. The van der Waals surface area contributed by atoms with Crippen LogP contribution >= 0.6 is 11.8 Å². The fourth-order valence-electron chi connectivity index (χ4n) is 2.60. The molecule has 0 atom stereocenters. The van der Waals surface area contributed by atoms with Gasteiger partial charge in [0.2, 0.25) is 0 Å². The Morgan fingerprint density at radius 3 is 2.55 bits per heavy atom. The number of para-hydroxylation sites is 1. The van der Waals surface area contributed by atoms with Crippen LogP contribution in [0.4, 0.5) is 0 Å². The normalized spacial score (nSPS) is 14.4. The van der Waals surface area contributed by atoms with E-state index in [2.05, 4.69) is 12.1 Å². The van der Waals surface area contributed by atoms with E-state index in [0.29, 0.717) is 6.04 Å². The predicted octanol–water partition coefficient (Wildman–Crippen LogP) is 4.02. The molecule has 1 aliphatic rings. The number of hydrogen-bond acceptors (Lipinski definition) is 3. The number of thioether (sulfide) groups is 1. The minimum Gasteiger partial charge on any atom is -0.284 e. The molecular formula is C18H16N2OS. The van der Waals surface area contributed by atoms with Gasteiger partial charge in [-0.3, -0.25) is 9.36 Å². The molecule has 1 aromatic heterocycles. The van der Waals surface area contributed by atoms with E-state index in [-0.39, 0.29) is 5.56 Å². The summed E-state index contributed by atoms with van der Waals surface area (Å²) >= 11 is 1.65. The molecule has 4 rings (SSSR count). The summed E-state index contributed by atoms with van der Waals surface area (Å²) in [6.07, 6.45) is 2.16. The van der Waals surface area contributed by atoms with Gasteiger partial charge in [0.05, 0.1) is 10.9 Å². The molecule has 0 aliphatic heterocycles. The van der Waals surface area contributed by atoms with Crippen LogP contribution in [-0.2, 0) is 5.75 Å². The van der Waals surface area contributed by atoms with Crippen LogP contribution in [0.3, 0.4) is 0 Å². The van der Waals surface area contributed by atoms with Crippen molar-refractivity contribution in [1.82, 2.24) is 9.55 Å². The van der Waals surface area contributed by atoms with Crippen LogP contribution in [0.25, 0.3) is 10.9 Å². The summed E-state index contributed by atoms with van der Waals surface area (Å²) in [6.45, 7) is 0. The summed E-state index contributed by atoms with van der Waals surface area (Å²) in [4.78, 5) is 17.5. The minimum absolute atomic E-state index is 0.101. The van der Waals surface area contributed by atoms with Crippen molar-refractivity contribution in [1.29, 1.82) is 0 Å². The molecule has 0 saturated heterocycles. The quantitative estimate of drug-likeness (QED) is 0.539. The second kappa shape index (κ2) is 5.61. The van der Waals surface area contributed by atoms with Gasteiger partial charge in [0, 0.05) is 11.8 Å². The van der Waals surface area contributed by atoms with Gasteiger partial charge in [0.1, 0.15) is 0 Å². The molecule has 110 valence electrons. The van der Waals surface area contributed by atoms with Crippen molar-refractivity contribution in [3.63, 3.8) is 0 Å². The van der Waals surface area contributed by atoms with E-state index in [0.717, 1.165) is 34.7 Å². The number of hydrogen-bond donors (Lipinski definition) is 0. The fourth-order valence-corrected chi connectivity index (χ4v) is 3.63.